The summed E-state index contributed by atoms with van der Waals surface area (Å²) in [7, 11) is -2.95. The SMILES string of the molecule is c1ccc([Si](c2ccccc2)(c2ccccc2)c2cc(-n3c4ccccc4c4ccccc43)cc3c2sc2ccc(-n4c5ccccc5c5ccccc54)cc23)cc1. The summed E-state index contributed by atoms with van der Waals surface area (Å²) in [6.45, 7) is 0. The lowest BCUT2D eigenvalue weighted by Crippen LogP contribution is -2.74. The Bertz CT molecular complexity index is 3300. The first kappa shape index (κ1) is 33.2. The van der Waals surface area contributed by atoms with Crippen molar-refractivity contribution in [3.8, 4) is 11.4 Å². The summed E-state index contributed by atoms with van der Waals surface area (Å²) < 4.78 is 7.59. The number of hydrogen-bond donors (Lipinski definition) is 0. The van der Waals surface area contributed by atoms with Crippen molar-refractivity contribution in [1.29, 1.82) is 0 Å². The summed E-state index contributed by atoms with van der Waals surface area (Å²) in [4.78, 5) is 0. The van der Waals surface area contributed by atoms with Gasteiger partial charge in [-0.25, -0.2) is 0 Å². The van der Waals surface area contributed by atoms with Gasteiger partial charge in [0.15, 0.2) is 8.07 Å². The third-order valence-corrected chi connectivity index (χ3v) is 18.4. The van der Waals surface area contributed by atoms with Crippen LogP contribution in [0.15, 0.2) is 218 Å². The third kappa shape index (κ3) is 4.76. The van der Waals surface area contributed by atoms with Crippen molar-refractivity contribution in [3.05, 3.63) is 218 Å². The number of hydrogen-bond acceptors (Lipinski definition) is 1. The molecule has 12 aromatic rings. The molecule has 0 fully saturated rings. The zero-order valence-electron chi connectivity index (χ0n) is 31.6. The van der Waals surface area contributed by atoms with Crippen LogP contribution < -0.4 is 20.7 Å². The Hall–Kier alpha value is -6.98. The molecule has 2 nitrogen and oxygen atoms in total. The largest absolute Gasteiger partial charge is 0.309 e. The second-order valence-electron chi connectivity index (χ2n) is 15.2. The lowest BCUT2D eigenvalue weighted by atomic mass is 10.1. The summed E-state index contributed by atoms with van der Waals surface area (Å²) in [6.07, 6.45) is 0. The van der Waals surface area contributed by atoms with Gasteiger partial charge >= 0.3 is 0 Å². The molecule has 0 N–H and O–H groups in total. The number of thiophene rings is 1. The molecule has 12 rings (SSSR count). The zero-order valence-corrected chi connectivity index (χ0v) is 33.4. The van der Waals surface area contributed by atoms with E-state index in [4.69, 9.17) is 0 Å². The first-order chi connectivity index (χ1) is 28.8. The van der Waals surface area contributed by atoms with Crippen molar-refractivity contribution >= 4 is 104 Å². The Labute approximate surface area is 341 Å². The van der Waals surface area contributed by atoms with E-state index in [9.17, 15) is 0 Å². The van der Waals surface area contributed by atoms with Gasteiger partial charge in [-0.1, -0.05) is 164 Å². The molecule has 0 bridgehead atoms. The van der Waals surface area contributed by atoms with Crippen LogP contribution in [-0.2, 0) is 0 Å². The van der Waals surface area contributed by atoms with Crippen molar-refractivity contribution in [2.45, 2.75) is 0 Å². The minimum absolute atomic E-state index is 1.17. The molecule has 58 heavy (non-hydrogen) atoms. The molecule has 272 valence electrons. The average molecular weight is 773 g/mol. The molecular formula is C54H36N2SSi. The van der Waals surface area contributed by atoms with Crippen LogP contribution in [0.2, 0.25) is 0 Å². The van der Waals surface area contributed by atoms with Gasteiger partial charge < -0.3 is 9.13 Å². The number of aromatic nitrogens is 2. The monoisotopic (exact) mass is 772 g/mol. The van der Waals surface area contributed by atoms with Crippen molar-refractivity contribution in [1.82, 2.24) is 9.13 Å². The highest BCUT2D eigenvalue weighted by atomic mass is 32.1. The number of para-hydroxylation sites is 4. The van der Waals surface area contributed by atoms with Gasteiger partial charge in [0.05, 0.1) is 22.1 Å². The minimum atomic E-state index is -2.95. The minimum Gasteiger partial charge on any atom is -0.309 e. The fraction of sp³-hybridized carbons (Fsp3) is 0. The van der Waals surface area contributed by atoms with E-state index in [2.05, 4.69) is 228 Å². The van der Waals surface area contributed by atoms with Gasteiger partial charge in [0.1, 0.15) is 0 Å². The number of nitrogens with zero attached hydrogens (tertiary/aromatic N) is 2. The van der Waals surface area contributed by atoms with Gasteiger partial charge in [0.2, 0.25) is 0 Å². The Kier molecular flexibility index (Phi) is 7.46. The number of rotatable bonds is 6. The number of benzene rings is 9. The van der Waals surface area contributed by atoms with Crippen molar-refractivity contribution in [3.63, 3.8) is 0 Å². The van der Waals surface area contributed by atoms with Crippen LogP contribution in [0.25, 0.3) is 75.2 Å². The van der Waals surface area contributed by atoms with Gasteiger partial charge in [0.25, 0.3) is 0 Å². The molecule has 9 aromatic carbocycles. The molecule has 0 radical (unpaired) electrons. The maximum Gasteiger partial charge on any atom is 0.181 e. The highest BCUT2D eigenvalue weighted by Crippen LogP contribution is 2.40. The fourth-order valence-corrected chi connectivity index (χ4v) is 16.4. The van der Waals surface area contributed by atoms with Crippen LogP contribution >= 0.6 is 11.3 Å². The third-order valence-electron chi connectivity index (χ3n) is 12.2. The molecular weight excluding hydrogens is 737 g/mol. The standard InChI is InChI=1S/C54H36N2SSi/c1-4-18-39(19-5-1)58(40-20-6-2-7-21-40,41-22-8-3-9-23-41)53-36-38(56-50-30-16-12-26-44(50)45-27-13-17-31-51(45)56)35-47-46-34-37(32-33-52(46)57-54(47)53)55-48-28-14-10-24-42(48)43-25-11-15-29-49(43)55/h1-36H. The highest BCUT2D eigenvalue weighted by Gasteiger charge is 2.43. The van der Waals surface area contributed by atoms with E-state index in [1.165, 1.54) is 95.9 Å². The van der Waals surface area contributed by atoms with Crippen LogP contribution in [0.3, 0.4) is 0 Å². The van der Waals surface area contributed by atoms with Crippen molar-refractivity contribution in [2.75, 3.05) is 0 Å². The maximum absolute atomic E-state index is 2.95. The van der Waals surface area contributed by atoms with Crippen LogP contribution in [0, 0.1) is 0 Å². The van der Waals surface area contributed by atoms with Gasteiger partial charge in [-0.05, 0) is 75.3 Å². The smallest absolute Gasteiger partial charge is 0.181 e. The summed E-state index contributed by atoms with van der Waals surface area (Å²) >= 11 is 1.94. The van der Waals surface area contributed by atoms with Gasteiger partial charge in [0, 0.05) is 53.1 Å². The lowest BCUT2D eigenvalue weighted by molar-refractivity contribution is 1.19. The van der Waals surface area contributed by atoms with Crippen LogP contribution in [-0.4, -0.2) is 17.2 Å². The first-order valence-electron chi connectivity index (χ1n) is 19.9. The Morgan fingerprint density at radius 3 is 1.14 bits per heavy atom. The van der Waals surface area contributed by atoms with Crippen LogP contribution in [0.5, 0.6) is 0 Å². The van der Waals surface area contributed by atoms with E-state index in [-0.39, 0.29) is 0 Å². The van der Waals surface area contributed by atoms with E-state index in [1.54, 1.807) is 0 Å². The summed E-state index contributed by atoms with van der Waals surface area (Å²) in [5.41, 5.74) is 7.22. The topological polar surface area (TPSA) is 9.86 Å². The van der Waals surface area contributed by atoms with E-state index in [0.717, 1.165) is 0 Å². The molecule has 4 heteroatoms. The average Bonchev–Trinajstić information content (AvgIpc) is 3.95. The fourth-order valence-electron chi connectivity index (χ4n) is 9.83. The highest BCUT2D eigenvalue weighted by molar-refractivity contribution is 7.30. The van der Waals surface area contributed by atoms with E-state index in [1.807, 2.05) is 11.3 Å². The second kappa shape index (κ2) is 13.0. The Balaban J connectivity index is 1.26. The molecule has 0 atom stereocenters. The maximum atomic E-state index is 2.56. The normalized spacial score (nSPS) is 12.1. The quantitative estimate of drug-likeness (QED) is 0.118. The van der Waals surface area contributed by atoms with E-state index in [0.29, 0.717) is 0 Å². The Morgan fingerprint density at radius 1 is 0.310 bits per heavy atom. The van der Waals surface area contributed by atoms with E-state index < -0.39 is 8.07 Å². The van der Waals surface area contributed by atoms with Gasteiger partial charge in [-0.15, -0.1) is 11.3 Å². The first-order valence-corrected chi connectivity index (χ1v) is 22.8. The van der Waals surface area contributed by atoms with Crippen LogP contribution in [0.4, 0.5) is 0 Å². The molecule has 0 saturated carbocycles. The van der Waals surface area contributed by atoms with Gasteiger partial charge in [-0.2, -0.15) is 0 Å². The lowest BCUT2D eigenvalue weighted by Gasteiger charge is -2.35. The summed E-state index contributed by atoms with van der Waals surface area (Å²) in [6, 6.07) is 81.6. The predicted molar refractivity (Wildman–Crippen MR) is 252 cm³/mol. The van der Waals surface area contributed by atoms with Crippen molar-refractivity contribution < 1.29 is 0 Å². The predicted octanol–water partition coefficient (Wildman–Crippen LogP) is 11.6. The summed E-state index contributed by atoms with van der Waals surface area (Å²) in [5.74, 6) is 0. The molecule has 0 spiro atoms. The number of fused-ring (bicyclic) bond motifs is 9. The van der Waals surface area contributed by atoms with Crippen molar-refractivity contribution in [2.24, 2.45) is 0 Å². The molecule has 0 saturated heterocycles. The van der Waals surface area contributed by atoms with Gasteiger partial charge in [-0.3, -0.25) is 0 Å². The molecule has 3 heterocycles. The molecule has 0 aliphatic carbocycles. The van der Waals surface area contributed by atoms with E-state index >= 15 is 0 Å². The Morgan fingerprint density at radius 2 is 0.690 bits per heavy atom. The molecule has 0 amide bonds. The zero-order chi connectivity index (χ0) is 38.2. The summed E-state index contributed by atoms with van der Waals surface area (Å²) in [5, 5.41) is 13.2. The van der Waals surface area contributed by atoms with Crippen LogP contribution in [0.1, 0.15) is 0 Å². The molecule has 0 aliphatic rings. The molecule has 0 unspecified atom stereocenters. The molecule has 3 aromatic heterocycles. The second-order valence-corrected chi connectivity index (χ2v) is 20.1. The molecule has 0 aliphatic heterocycles.